The van der Waals surface area contributed by atoms with Gasteiger partial charge in [-0.25, -0.2) is 0 Å². The second kappa shape index (κ2) is 2.96. The van der Waals surface area contributed by atoms with Crippen molar-refractivity contribution in [3.63, 3.8) is 0 Å². The zero-order valence-electron chi connectivity index (χ0n) is 7.39. The van der Waals surface area contributed by atoms with E-state index in [1.807, 2.05) is 18.2 Å². The lowest BCUT2D eigenvalue weighted by molar-refractivity contribution is 1.07. The molecule has 3 N–H and O–H groups in total. The number of rotatable bonds is 1. The van der Waals surface area contributed by atoms with Gasteiger partial charge in [0.2, 0.25) is 0 Å². The van der Waals surface area contributed by atoms with Crippen molar-refractivity contribution in [2.24, 2.45) is 0 Å². The fraction of sp³-hybridized carbons (Fsp3) is 0.200. The predicted octanol–water partition coefficient (Wildman–Crippen LogP) is 2.97. The van der Waals surface area contributed by atoms with Crippen LogP contribution in [0.3, 0.4) is 0 Å². The zero-order valence-corrected chi connectivity index (χ0v) is 8.15. The van der Waals surface area contributed by atoms with E-state index >= 15 is 0 Å². The van der Waals surface area contributed by atoms with E-state index in [1.165, 1.54) is 0 Å². The van der Waals surface area contributed by atoms with Crippen LogP contribution in [0, 0.1) is 0 Å². The lowest BCUT2D eigenvalue weighted by Crippen LogP contribution is -1.84. The lowest BCUT2D eigenvalue weighted by Gasteiger charge is -1.95. The first-order valence-corrected chi connectivity index (χ1v) is 4.66. The molecule has 3 heteroatoms. The highest BCUT2D eigenvalue weighted by Crippen LogP contribution is 2.31. The van der Waals surface area contributed by atoms with Crippen LogP contribution < -0.4 is 5.73 Å². The van der Waals surface area contributed by atoms with Crippen LogP contribution in [0.15, 0.2) is 18.2 Å². The van der Waals surface area contributed by atoms with Crippen LogP contribution in [-0.4, -0.2) is 4.98 Å². The van der Waals surface area contributed by atoms with Crippen LogP contribution in [0.4, 0.5) is 5.69 Å². The molecule has 2 nitrogen and oxygen atoms in total. The third kappa shape index (κ3) is 1.18. The monoisotopic (exact) mass is 194 g/mol. The van der Waals surface area contributed by atoms with E-state index in [2.05, 4.69) is 11.9 Å². The van der Waals surface area contributed by atoms with E-state index < -0.39 is 0 Å². The number of fused-ring (bicyclic) bond motifs is 1. The van der Waals surface area contributed by atoms with Crippen molar-refractivity contribution in [1.82, 2.24) is 4.98 Å². The van der Waals surface area contributed by atoms with Crippen molar-refractivity contribution in [1.29, 1.82) is 0 Å². The van der Waals surface area contributed by atoms with Crippen molar-refractivity contribution in [2.45, 2.75) is 13.3 Å². The molecule has 0 atom stereocenters. The number of aromatic amines is 1. The van der Waals surface area contributed by atoms with Crippen molar-refractivity contribution in [3.05, 3.63) is 28.9 Å². The molecule has 2 rings (SSSR count). The third-order valence-corrected chi connectivity index (χ3v) is 2.64. The molecule has 0 unspecified atom stereocenters. The summed E-state index contributed by atoms with van der Waals surface area (Å²) in [7, 11) is 0. The standard InChI is InChI=1S/C10H11ClN2/c1-2-7-10(11)9-6(12)4-3-5-8(9)13-7/h3-5,13H,2,12H2,1H3. The van der Waals surface area contributed by atoms with Gasteiger partial charge in [0.1, 0.15) is 0 Å². The van der Waals surface area contributed by atoms with E-state index in [4.69, 9.17) is 17.3 Å². The van der Waals surface area contributed by atoms with Gasteiger partial charge in [-0.1, -0.05) is 24.6 Å². The predicted molar refractivity (Wildman–Crippen MR) is 57.1 cm³/mol. The molecule has 0 saturated carbocycles. The summed E-state index contributed by atoms with van der Waals surface area (Å²) in [5.74, 6) is 0. The van der Waals surface area contributed by atoms with Gasteiger partial charge >= 0.3 is 0 Å². The Labute approximate surface area is 81.7 Å². The molecule has 0 bridgehead atoms. The van der Waals surface area contributed by atoms with Crippen LogP contribution in [-0.2, 0) is 6.42 Å². The Morgan fingerprint density at radius 1 is 1.46 bits per heavy atom. The van der Waals surface area contributed by atoms with Gasteiger partial charge in [0.15, 0.2) is 0 Å². The summed E-state index contributed by atoms with van der Waals surface area (Å²) in [6.07, 6.45) is 0.896. The highest BCUT2D eigenvalue weighted by Gasteiger charge is 2.09. The molecule has 0 aliphatic rings. The summed E-state index contributed by atoms with van der Waals surface area (Å²) in [6, 6.07) is 5.77. The van der Waals surface area contributed by atoms with E-state index in [9.17, 15) is 0 Å². The quantitative estimate of drug-likeness (QED) is 0.674. The van der Waals surface area contributed by atoms with Crippen LogP contribution >= 0.6 is 11.6 Å². The smallest absolute Gasteiger partial charge is 0.0712 e. The van der Waals surface area contributed by atoms with Crippen molar-refractivity contribution < 1.29 is 0 Å². The Morgan fingerprint density at radius 3 is 2.85 bits per heavy atom. The van der Waals surface area contributed by atoms with Crippen LogP contribution in [0.25, 0.3) is 10.9 Å². The molecule has 1 aromatic carbocycles. The summed E-state index contributed by atoms with van der Waals surface area (Å²) >= 11 is 6.15. The zero-order chi connectivity index (χ0) is 9.42. The second-order valence-corrected chi connectivity index (χ2v) is 3.42. The number of H-pyrrole nitrogens is 1. The van der Waals surface area contributed by atoms with E-state index in [0.29, 0.717) is 0 Å². The Morgan fingerprint density at radius 2 is 2.23 bits per heavy atom. The molecule has 68 valence electrons. The van der Waals surface area contributed by atoms with Gasteiger partial charge in [-0.2, -0.15) is 0 Å². The molecular formula is C10H11ClN2. The Kier molecular flexibility index (Phi) is 1.93. The van der Waals surface area contributed by atoms with E-state index in [0.717, 1.165) is 33.7 Å². The van der Waals surface area contributed by atoms with Crippen molar-refractivity contribution >= 4 is 28.2 Å². The molecule has 1 heterocycles. The first kappa shape index (κ1) is 8.45. The maximum Gasteiger partial charge on any atom is 0.0712 e. The first-order valence-electron chi connectivity index (χ1n) is 4.28. The molecule has 0 aliphatic carbocycles. The molecular weight excluding hydrogens is 184 g/mol. The van der Waals surface area contributed by atoms with E-state index in [1.54, 1.807) is 0 Å². The van der Waals surface area contributed by atoms with Gasteiger partial charge < -0.3 is 10.7 Å². The topological polar surface area (TPSA) is 41.8 Å². The van der Waals surface area contributed by atoms with Crippen LogP contribution in [0.2, 0.25) is 5.02 Å². The summed E-state index contributed by atoms with van der Waals surface area (Å²) in [5, 5.41) is 1.71. The van der Waals surface area contributed by atoms with Gasteiger partial charge in [0.05, 0.1) is 5.02 Å². The van der Waals surface area contributed by atoms with Crippen LogP contribution in [0.5, 0.6) is 0 Å². The fourth-order valence-electron chi connectivity index (χ4n) is 1.53. The number of halogens is 1. The number of hydrogen-bond acceptors (Lipinski definition) is 1. The molecule has 1 aromatic heterocycles. The molecule has 0 radical (unpaired) electrons. The highest BCUT2D eigenvalue weighted by molar-refractivity contribution is 6.37. The second-order valence-electron chi connectivity index (χ2n) is 3.04. The average molecular weight is 195 g/mol. The third-order valence-electron chi connectivity index (χ3n) is 2.22. The van der Waals surface area contributed by atoms with Gasteiger partial charge in [0, 0.05) is 22.3 Å². The number of benzene rings is 1. The lowest BCUT2D eigenvalue weighted by atomic mass is 10.2. The maximum absolute atomic E-state index is 6.15. The number of aromatic nitrogens is 1. The largest absolute Gasteiger partial charge is 0.398 e. The number of hydrogen-bond donors (Lipinski definition) is 2. The first-order chi connectivity index (χ1) is 6.24. The number of nitrogen functional groups attached to an aromatic ring is 1. The molecule has 0 fully saturated rings. The van der Waals surface area contributed by atoms with Crippen molar-refractivity contribution in [2.75, 3.05) is 5.73 Å². The van der Waals surface area contributed by atoms with Gasteiger partial charge in [0.25, 0.3) is 0 Å². The number of anilines is 1. The van der Waals surface area contributed by atoms with Gasteiger partial charge in [-0.3, -0.25) is 0 Å². The SMILES string of the molecule is CCc1[nH]c2cccc(N)c2c1Cl. The summed E-state index contributed by atoms with van der Waals surface area (Å²) in [5.41, 5.74) is 8.62. The molecule has 0 spiro atoms. The average Bonchev–Trinajstić information content (AvgIpc) is 2.44. The molecule has 2 aromatic rings. The van der Waals surface area contributed by atoms with Crippen molar-refractivity contribution in [3.8, 4) is 0 Å². The molecule has 13 heavy (non-hydrogen) atoms. The Bertz CT molecular complexity index is 445. The number of nitrogens with two attached hydrogens (primary N) is 1. The number of aryl methyl sites for hydroxylation is 1. The molecule has 0 amide bonds. The number of nitrogens with one attached hydrogen (secondary N) is 1. The minimum atomic E-state index is 0.735. The summed E-state index contributed by atoms with van der Waals surface area (Å²) in [6.45, 7) is 2.06. The van der Waals surface area contributed by atoms with Gasteiger partial charge in [-0.15, -0.1) is 0 Å². The Hall–Kier alpha value is -1.15. The highest BCUT2D eigenvalue weighted by atomic mass is 35.5. The van der Waals surface area contributed by atoms with E-state index in [-0.39, 0.29) is 0 Å². The van der Waals surface area contributed by atoms with Gasteiger partial charge in [-0.05, 0) is 18.6 Å². The normalized spacial score (nSPS) is 10.9. The minimum Gasteiger partial charge on any atom is -0.398 e. The minimum absolute atomic E-state index is 0.735. The maximum atomic E-state index is 6.15. The molecule has 0 saturated heterocycles. The Balaban J connectivity index is 2.85. The van der Waals surface area contributed by atoms with Crippen LogP contribution in [0.1, 0.15) is 12.6 Å². The summed E-state index contributed by atoms with van der Waals surface area (Å²) < 4.78 is 0. The summed E-state index contributed by atoms with van der Waals surface area (Å²) in [4.78, 5) is 3.24. The molecule has 0 aliphatic heterocycles. The fourth-order valence-corrected chi connectivity index (χ4v) is 1.92.